The van der Waals surface area contributed by atoms with E-state index in [4.69, 9.17) is 14.2 Å². The topological polar surface area (TPSA) is 68.3 Å². The maximum atomic E-state index is 14.2. The highest BCUT2D eigenvalue weighted by Gasteiger charge is 2.76. The maximum absolute atomic E-state index is 14.2. The fraction of sp³-hybridized carbons (Fsp3) is 1.00. The molecule has 14 heteroatoms. The number of nitrogens with zero attached hydrogens (tertiary/aromatic N) is 2. The van der Waals surface area contributed by atoms with Crippen molar-refractivity contribution in [3.05, 3.63) is 0 Å². The maximum Gasteiger partial charge on any atom is 0.427 e. The lowest BCUT2D eigenvalue weighted by atomic mass is 10.2. The zero-order valence-corrected chi connectivity index (χ0v) is 19.7. The normalized spacial score (nSPS) is 14.0. The van der Waals surface area contributed by atoms with Crippen molar-refractivity contribution in [2.45, 2.75) is 44.3 Å². The Balaban J connectivity index is 5.30. The Morgan fingerprint density at radius 1 is 0.781 bits per heavy atom. The van der Waals surface area contributed by atoms with Crippen molar-refractivity contribution < 1.29 is 49.0 Å². The number of hydrogen-bond acceptors (Lipinski definition) is 6. The van der Waals surface area contributed by atoms with Gasteiger partial charge in [0.05, 0.1) is 33.0 Å². The van der Waals surface area contributed by atoms with Crippen LogP contribution in [0.25, 0.3) is 0 Å². The van der Waals surface area contributed by atoms with Crippen LogP contribution in [0.2, 0.25) is 0 Å². The second kappa shape index (κ2) is 13.9. The summed E-state index contributed by atoms with van der Waals surface area (Å²) in [5, 5.41) is -6.02. The average Bonchev–Trinajstić information content (AvgIpc) is 2.70. The molecule has 0 aromatic carbocycles. The lowest BCUT2D eigenvalue weighted by molar-refractivity contribution is -0.272. The number of alkyl halides is 6. The molecular weight excluding hydrogens is 470 g/mol. The molecule has 0 heterocycles. The summed E-state index contributed by atoms with van der Waals surface area (Å²) in [6.45, 7) is 3.74. The van der Waals surface area contributed by atoms with Crippen LogP contribution in [-0.2, 0) is 24.2 Å². The molecule has 0 N–H and O–H groups in total. The quantitative estimate of drug-likeness (QED) is 0.199. The van der Waals surface area contributed by atoms with Crippen molar-refractivity contribution in [3.8, 4) is 0 Å². The van der Waals surface area contributed by atoms with Crippen LogP contribution < -0.4 is 0 Å². The monoisotopic (exact) mass is 504 g/mol. The summed E-state index contributed by atoms with van der Waals surface area (Å²) in [5.74, 6) is -11.4. The standard InChI is InChI=1S/C18H34F6N2O5S/c1-5-25(6-2)8-7-9-26(10-11-30-14-15-31-13-12-29-4)32(27,28)18(23,24)17(21,22)16(3,19)20/h5-15H2,1-4H3. The molecule has 0 unspecified atom stereocenters. The minimum Gasteiger partial charge on any atom is -0.382 e. The fourth-order valence-corrected chi connectivity index (χ4v) is 4.08. The molecule has 0 radical (unpaired) electrons. The summed E-state index contributed by atoms with van der Waals surface area (Å²) >= 11 is 0. The lowest BCUT2D eigenvalue weighted by Gasteiger charge is -2.34. The SMILES string of the molecule is CCN(CC)CCCN(CCOCCOCCOC)S(=O)(=O)C(F)(F)C(F)(F)C(C)(F)F. The molecule has 0 amide bonds. The Kier molecular flexibility index (Phi) is 13.6. The Morgan fingerprint density at radius 2 is 1.28 bits per heavy atom. The molecule has 0 saturated carbocycles. The second-order valence-electron chi connectivity index (χ2n) is 6.98. The molecule has 0 fully saturated rings. The first-order chi connectivity index (χ1) is 14.7. The lowest BCUT2D eigenvalue weighted by Crippen LogP contribution is -2.60. The number of sulfonamides is 1. The van der Waals surface area contributed by atoms with Crippen molar-refractivity contribution in [2.24, 2.45) is 0 Å². The van der Waals surface area contributed by atoms with Crippen molar-refractivity contribution in [2.75, 3.05) is 72.9 Å². The van der Waals surface area contributed by atoms with Gasteiger partial charge in [0.1, 0.15) is 0 Å². The number of rotatable bonds is 19. The van der Waals surface area contributed by atoms with Gasteiger partial charge in [-0.05, 0) is 26.1 Å². The third-order valence-corrected chi connectivity index (χ3v) is 6.60. The van der Waals surface area contributed by atoms with Crippen LogP contribution in [0.1, 0.15) is 27.2 Å². The zero-order chi connectivity index (χ0) is 25.1. The van der Waals surface area contributed by atoms with Gasteiger partial charge in [0.25, 0.3) is 10.0 Å². The highest BCUT2D eigenvalue weighted by molar-refractivity contribution is 7.90. The first kappa shape index (κ1) is 31.3. The van der Waals surface area contributed by atoms with Crippen molar-refractivity contribution in [3.63, 3.8) is 0 Å². The van der Waals surface area contributed by atoms with Crippen LogP contribution in [0.4, 0.5) is 26.3 Å². The molecule has 0 atom stereocenters. The van der Waals surface area contributed by atoms with E-state index in [9.17, 15) is 34.8 Å². The van der Waals surface area contributed by atoms with Crippen LogP contribution in [0.3, 0.4) is 0 Å². The van der Waals surface area contributed by atoms with E-state index in [0.29, 0.717) is 26.2 Å². The Morgan fingerprint density at radius 3 is 1.75 bits per heavy atom. The minimum atomic E-state index is -6.13. The van der Waals surface area contributed by atoms with E-state index < -0.39 is 53.7 Å². The van der Waals surface area contributed by atoms with Gasteiger partial charge < -0.3 is 19.1 Å². The van der Waals surface area contributed by atoms with Gasteiger partial charge in [0, 0.05) is 27.1 Å². The van der Waals surface area contributed by atoms with Crippen molar-refractivity contribution in [1.82, 2.24) is 9.21 Å². The van der Waals surface area contributed by atoms with Gasteiger partial charge in [-0.25, -0.2) is 8.42 Å². The van der Waals surface area contributed by atoms with Gasteiger partial charge in [-0.15, -0.1) is 0 Å². The minimum absolute atomic E-state index is 0.0172. The van der Waals surface area contributed by atoms with E-state index in [-0.39, 0.29) is 30.5 Å². The van der Waals surface area contributed by atoms with Gasteiger partial charge in [0.2, 0.25) is 0 Å². The van der Waals surface area contributed by atoms with Crippen LogP contribution in [0.15, 0.2) is 0 Å². The van der Waals surface area contributed by atoms with Gasteiger partial charge in [-0.3, -0.25) is 0 Å². The van der Waals surface area contributed by atoms with E-state index >= 15 is 0 Å². The van der Waals surface area contributed by atoms with Gasteiger partial charge in [0.15, 0.2) is 0 Å². The molecule has 0 saturated heterocycles. The first-order valence-electron chi connectivity index (χ1n) is 10.2. The Labute approximate surface area is 186 Å². The molecular formula is C18H34F6N2O5S. The van der Waals surface area contributed by atoms with Gasteiger partial charge in [-0.1, -0.05) is 13.8 Å². The summed E-state index contributed by atoms with van der Waals surface area (Å²) in [5.41, 5.74) is 0. The van der Waals surface area contributed by atoms with E-state index in [0.717, 1.165) is 0 Å². The van der Waals surface area contributed by atoms with Gasteiger partial charge in [-0.2, -0.15) is 30.6 Å². The van der Waals surface area contributed by atoms with E-state index in [1.54, 1.807) is 0 Å². The summed E-state index contributed by atoms with van der Waals surface area (Å²) in [6.07, 6.45) is 0.0329. The van der Waals surface area contributed by atoms with E-state index in [1.807, 2.05) is 18.7 Å². The molecule has 0 rings (SSSR count). The molecule has 32 heavy (non-hydrogen) atoms. The number of ether oxygens (including phenoxy) is 3. The third-order valence-electron chi connectivity index (χ3n) is 4.65. The number of halogens is 6. The summed E-state index contributed by atoms with van der Waals surface area (Å²) in [6, 6.07) is 0. The van der Waals surface area contributed by atoms with Crippen LogP contribution >= 0.6 is 0 Å². The summed E-state index contributed by atoms with van der Waals surface area (Å²) in [4.78, 5) is 1.87. The smallest absolute Gasteiger partial charge is 0.382 e. The van der Waals surface area contributed by atoms with E-state index in [2.05, 4.69) is 0 Å². The van der Waals surface area contributed by atoms with Crippen LogP contribution in [0.5, 0.6) is 0 Å². The molecule has 0 spiro atoms. The molecule has 0 aromatic rings. The molecule has 0 aliphatic heterocycles. The third kappa shape index (κ3) is 8.60. The van der Waals surface area contributed by atoms with Gasteiger partial charge >= 0.3 is 17.1 Å². The predicted octanol–water partition coefficient (Wildman–Crippen LogP) is 2.91. The zero-order valence-electron chi connectivity index (χ0n) is 18.9. The summed E-state index contributed by atoms with van der Waals surface area (Å²) in [7, 11) is -4.66. The molecule has 194 valence electrons. The molecule has 0 aliphatic rings. The Bertz CT molecular complexity index is 615. The van der Waals surface area contributed by atoms with Crippen LogP contribution in [0, 0.1) is 0 Å². The van der Waals surface area contributed by atoms with Crippen molar-refractivity contribution in [1.29, 1.82) is 0 Å². The molecule has 7 nitrogen and oxygen atoms in total. The summed E-state index contributed by atoms with van der Waals surface area (Å²) < 4.78 is 122. The molecule has 0 bridgehead atoms. The highest BCUT2D eigenvalue weighted by atomic mass is 32.2. The average molecular weight is 505 g/mol. The number of hydrogen-bond donors (Lipinski definition) is 0. The molecule has 0 aliphatic carbocycles. The van der Waals surface area contributed by atoms with Crippen molar-refractivity contribution >= 4 is 10.0 Å². The predicted molar refractivity (Wildman–Crippen MR) is 107 cm³/mol. The highest BCUT2D eigenvalue weighted by Crippen LogP contribution is 2.49. The first-order valence-corrected chi connectivity index (χ1v) is 11.6. The second-order valence-corrected chi connectivity index (χ2v) is 8.96. The fourth-order valence-electron chi connectivity index (χ4n) is 2.57. The van der Waals surface area contributed by atoms with Crippen LogP contribution in [-0.4, -0.2) is 108 Å². The number of methoxy groups -OCH3 is 1. The molecule has 0 aromatic heterocycles. The Hall–Kier alpha value is -0.670. The largest absolute Gasteiger partial charge is 0.427 e. The van der Waals surface area contributed by atoms with E-state index in [1.165, 1.54) is 7.11 Å².